The van der Waals surface area contributed by atoms with Crippen molar-refractivity contribution >= 4 is 0 Å². The summed E-state index contributed by atoms with van der Waals surface area (Å²) < 4.78 is 0. The summed E-state index contributed by atoms with van der Waals surface area (Å²) in [6.45, 7) is 6.76. The highest BCUT2D eigenvalue weighted by Crippen LogP contribution is 2.29. The maximum Gasteiger partial charge on any atom is 0.0441 e. The van der Waals surface area contributed by atoms with Crippen molar-refractivity contribution in [3.8, 4) is 0 Å². The van der Waals surface area contributed by atoms with E-state index in [-0.39, 0.29) is 0 Å². The van der Waals surface area contributed by atoms with Gasteiger partial charge in [-0.3, -0.25) is 4.98 Å². The van der Waals surface area contributed by atoms with Crippen LogP contribution in [-0.4, -0.2) is 4.98 Å². The summed E-state index contributed by atoms with van der Waals surface area (Å²) in [5.41, 5.74) is 5.75. The SMILES string of the molecule is CCc1cc(C(C)C)c2c(n1)CCC2. The molecule has 0 atom stereocenters. The van der Waals surface area contributed by atoms with Gasteiger partial charge in [0.2, 0.25) is 0 Å². The van der Waals surface area contributed by atoms with Crippen molar-refractivity contribution in [3.63, 3.8) is 0 Å². The third-order valence-corrected chi connectivity index (χ3v) is 3.12. The van der Waals surface area contributed by atoms with Crippen molar-refractivity contribution in [1.82, 2.24) is 4.98 Å². The quantitative estimate of drug-likeness (QED) is 0.696. The lowest BCUT2D eigenvalue weighted by Gasteiger charge is -2.13. The lowest BCUT2D eigenvalue weighted by Crippen LogP contribution is -2.01. The lowest BCUT2D eigenvalue weighted by atomic mass is 9.96. The van der Waals surface area contributed by atoms with Gasteiger partial charge in [0.05, 0.1) is 0 Å². The number of rotatable bonds is 2. The van der Waals surface area contributed by atoms with E-state index in [1.165, 1.54) is 30.7 Å². The zero-order chi connectivity index (χ0) is 10.1. The van der Waals surface area contributed by atoms with Gasteiger partial charge in [-0.1, -0.05) is 20.8 Å². The molecule has 1 nitrogen and oxygen atoms in total. The number of aromatic nitrogens is 1. The standard InChI is InChI=1S/C13H19N/c1-4-10-8-12(9(2)3)11-6-5-7-13(11)14-10/h8-9H,4-7H2,1-3H3. The summed E-state index contributed by atoms with van der Waals surface area (Å²) in [7, 11) is 0. The summed E-state index contributed by atoms with van der Waals surface area (Å²) in [4.78, 5) is 4.71. The van der Waals surface area contributed by atoms with Crippen molar-refractivity contribution < 1.29 is 0 Å². The Hall–Kier alpha value is -0.850. The first-order valence-electron chi connectivity index (χ1n) is 5.74. The third-order valence-electron chi connectivity index (χ3n) is 3.12. The Kier molecular flexibility index (Phi) is 2.58. The summed E-state index contributed by atoms with van der Waals surface area (Å²) in [6.07, 6.45) is 4.81. The van der Waals surface area contributed by atoms with E-state index in [2.05, 4.69) is 26.8 Å². The minimum atomic E-state index is 0.648. The topological polar surface area (TPSA) is 12.9 Å². The monoisotopic (exact) mass is 189 g/mol. The second-order valence-electron chi connectivity index (χ2n) is 4.49. The molecule has 1 heteroatoms. The molecule has 1 aromatic heterocycles. The Labute approximate surface area is 86.6 Å². The molecule has 1 aliphatic rings. The maximum absolute atomic E-state index is 4.71. The Morgan fingerprint density at radius 3 is 2.79 bits per heavy atom. The Balaban J connectivity index is 2.52. The maximum atomic E-state index is 4.71. The molecule has 1 aromatic rings. The van der Waals surface area contributed by atoms with Gasteiger partial charge in [0, 0.05) is 11.4 Å². The summed E-state index contributed by atoms with van der Waals surface area (Å²) >= 11 is 0. The van der Waals surface area contributed by atoms with Crippen LogP contribution in [0.15, 0.2) is 6.07 Å². The fraction of sp³-hybridized carbons (Fsp3) is 0.615. The van der Waals surface area contributed by atoms with Gasteiger partial charge < -0.3 is 0 Å². The summed E-state index contributed by atoms with van der Waals surface area (Å²) in [5.74, 6) is 0.648. The fourth-order valence-corrected chi connectivity index (χ4v) is 2.33. The van der Waals surface area contributed by atoms with Crippen LogP contribution in [0.2, 0.25) is 0 Å². The molecule has 0 N–H and O–H groups in total. The number of nitrogens with zero attached hydrogens (tertiary/aromatic N) is 1. The number of aryl methyl sites for hydroxylation is 2. The van der Waals surface area contributed by atoms with Gasteiger partial charge in [-0.25, -0.2) is 0 Å². The number of pyridine rings is 1. The lowest BCUT2D eigenvalue weighted by molar-refractivity contribution is 0.830. The summed E-state index contributed by atoms with van der Waals surface area (Å²) in [6, 6.07) is 2.31. The highest BCUT2D eigenvalue weighted by atomic mass is 14.7. The van der Waals surface area contributed by atoms with E-state index in [1.807, 2.05) is 0 Å². The molecule has 0 unspecified atom stereocenters. The van der Waals surface area contributed by atoms with Crippen LogP contribution in [0.5, 0.6) is 0 Å². The van der Waals surface area contributed by atoms with Crippen molar-refractivity contribution in [3.05, 3.63) is 28.6 Å². The minimum absolute atomic E-state index is 0.648. The van der Waals surface area contributed by atoms with E-state index in [4.69, 9.17) is 4.98 Å². The van der Waals surface area contributed by atoms with Crippen molar-refractivity contribution in [2.45, 2.75) is 52.4 Å². The van der Waals surface area contributed by atoms with Crippen LogP contribution >= 0.6 is 0 Å². The molecule has 0 saturated heterocycles. The van der Waals surface area contributed by atoms with Gasteiger partial charge in [-0.15, -0.1) is 0 Å². The molecular weight excluding hydrogens is 170 g/mol. The molecule has 0 spiro atoms. The normalized spacial score (nSPS) is 14.9. The summed E-state index contributed by atoms with van der Waals surface area (Å²) in [5, 5.41) is 0. The molecule has 1 aliphatic carbocycles. The van der Waals surface area contributed by atoms with Crippen LogP contribution in [0, 0.1) is 0 Å². The first-order chi connectivity index (χ1) is 6.72. The molecule has 76 valence electrons. The molecule has 0 fully saturated rings. The van der Waals surface area contributed by atoms with E-state index >= 15 is 0 Å². The molecule has 0 amide bonds. The van der Waals surface area contributed by atoms with Crippen LogP contribution in [-0.2, 0) is 19.3 Å². The number of hydrogen-bond acceptors (Lipinski definition) is 1. The molecule has 0 aliphatic heterocycles. The Bertz CT molecular complexity index is 339. The van der Waals surface area contributed by atoms with Gasteiger partial charge in [-0.2, -0.15) is 0 Å². The smallest absolute Gasteiger partial charge is 0.0441 e. The highest BCUT2D eigenvalue weighted by molar-refractivity contribution is 5.37. The predicted molar refractivity (Wildman–Crippen MR) is 59.7 cm³/mol. The van der Waals surface area contributed by atoms with Crippen LogP contribution in [0.25, 0.3) is 0 Å². The number of fused-ring (bicyclic) bond motifs is 1. The van der Waals surface area contributed by atoms with E-state index in [9.17, 15) is 0 Å². The first-order valence-corrected chi connectivity index (χ1v) is 5.74. The predicted octanol–water partition coefficient (Wildman–Crippen LogP) is 3.26. The third kappa shape index (κ3) is 1.56. The van der Waals surface area contributed by atoms with Crippen molar-refractivity contribution in [2.75, 3.05) is 0 Å². The molecule has 1 heterocycles. The van der Waals surface area contributed by atoms with E-state index in [0.29, 0.717) is 5.92 Å². The van der Waals surface area contributed by atoms with Gasteiger partial charge in [0.25, 0.3) is 0 Å². The van der Waals surface area contributed by atoms with Crippen LogP contribution < -0.4 is 0 Å². The van der Waals surface area contributed by atoms with E-state index in [1.54, 1.807) is 11.1 Å². The van der Waals surface area contributed by atoms with Crippen molar-refractivity contribution in [1.29, 1.82) is 0 Å². The molecule has 0 saturated carbocycles. The average Bonchev–Trinajstić information content (AvgIpc) is 2.63. The second-order valence-corrected chi connectivity index (χ2v) is 4.49. The van der Waals surface area contributed by atoms with Crippen LogP contribution in [0.4, 0.5) is 0 Å². The molecule has 0 bridgehead atoms. The van der Waals surface area contributed by atoms with Crippen molar-refractivity contribution in [2.24, 2.45) is 0 Å². The molecule has 0 radical (unpaired) electrons. The second kappa shape index (κ2) is 3.72. The van der Waals surface area contributed by atoms with Gasteiger partial charge in [0.15, 0.2) is 0 Å². The van der Waals surface area contributed by atoms with Gasteiger partial charge in [0.1, 0.15) is 0 Å². The molecule has 0 aromatic carbocycles. The van der Waals surface area contributed by atoms with Crippen LogP contribution in [0.3, 0.4) is 0 Å². The highest BCUT2D eigenvalue weighted by Gasteiger charge is 2.18. The zero-order valence-electron chi connectivity index (χ0n) is 9.43. The molecule has 2 rings (SSSR count). The van der Waals surface area contributed by atoms with Gasteiger partial charge >= 0.3 is 0 Å². The Morgan fingerprint density at radius 2 is 2.14 bits per heavy atom. The van der Waals surface area contributed by atoms with Gasteiger partial charge in [-0.05, 0) is 48.8 Å². The largest absolute Gasteiger partial charge is 0.258 e. The molecular formula is C13H19N. The molecule has 14 heavy (non-hydrogen) atoms. The van der Waals surface area contributed by atoms with E-state index in [0.717, 1.165) is 6.42 Å². The van der Waals surface area contributed by atoms with E-state index < -0.39 is 0 Å². The fourth-order valence-electron chi connectivity index (χ4n) is 2.33. The first kappa shape index (κ1) is 9.70. The number of hydrogen-bond donors (Lipinski definition) is 0. The Morgan fingerprint density at radius 1 is 1.36 bits per heavy atom. The minimum Gasteiger partial charge on any atom is -0.258 e. The average molecular weight is 189 g/mol. The van der Waals surface area contributed by atoms with Crippen LogP contribution in [0.1, 0.15) is 55.6 Å². The zero-order valence-corrected chi connectivity index (χ0v) is 9.43.